The average Bonchev–Trinajstić information content (AvgIpc) is 2.39. The van der Waals surface area contributed by atoms with Crippen molar-refractivity contribution in [2.75, 3.05) is 31.1 Å². The van der Waals surface area contributed by atoms with Gasteiger partial charge in [0, 0.05) is 26.2 Å². The summed E-state index contributed by atoms with van der Waals surface area (Å²) in [5.74, 6) is -1.15. The summed E-state index contributed by atoms with van der Waals surface area (Å²) in [5, 5.41) is 0. The van der Waals surface area contributed by atoms with Gasteiger partial charge in [-0.25, -0.2) is 4.39 Å². The molecule has 0 saturated carbocycles. The molecular formula is C13H16FN3O2. The summed E-state index contributed by atoms with van der Waals surface area (Å²) in [7, 11) is 0. The zero-order chi connectivity index (χ0) is 13.8. The lowest BCUT2D eigenvalue weighted by molar-refractivity contribution is -0.135. The normalized spacial score (nSPS) is 15.4. The van der Waals surface area contributed by atoms with Gasteiger partial charge in [-0.3, -0.25) is 9.59 Å². The zero-order valence-corrected chi connectivity index (χ0v) is 10.5. The van der Waals surface area contributed by atoms with Crippen LogP contribution in [0.5, 0.6) is 0 Å². The first-order valence-electron chi connectivity index (χ1n) is 6.13. The maximum Gasteiger partial charge on any atom is 0.232 e. The summed E-state index contributed by atoms with van der Waals surface area (Å²) in [5.41, 5.74) is 5.54. The van der Waals surface area contributed by atoms with E-state index in [1.54, 1.807) is 23.1 Å². The van der Waals surface area contributed by atoms with Crippen molar-refractivity contribution in [3.8, 4) is 0 Å². The molecule has 1 aromatic rings. The molecule has 1 heterocycles. The lowest BCUT2D eigenvalue weighted by atomic mass is 10.2. The highest BCUT2D eigenvalue weighted by atomic mass is 19.1. The van der Waals surface area contributed by atoms with Crippen molar-refractivity contribution in [2.24, 2.45) is 5.73 Å². The zero-order valence-electron chi connectivity index (χ0n) is 10.5. The van der Waals surface area contributed by atoms with Crippen LogP contribution in [0.3, 0.4) is 0 Å². The Morgan fingerprint density at radius 1 is 1.16 bits per heavy atom. The van der Waals surface area contributed by atoms with E-state index in [0.29, 0.717) is 31.9 Å². The van der Waals surface area contributed by atoms with Crippen LogP contribution < -0.4 is 10.6 Å². The fourth-order valence-electron chi connectivity index (χ4n) is 2.17. The van der Waals surface area contributed by atoms with Crippen molar-refractivity contribution in [2.45, 2.75) is 6.42 Å². The Bertz CT molecular complexity index is 485. The Labute approximate surface area is 110 Å². The van der Waals surface area contributed by atoms with Crippen molar-refractivity contribution >= 4 is 17.5 Å². The smallest absolute Gasteiger partial charge is 0.232 e. The second-order valence-corrected chi connectivity index (χ2v) is 4.46. The van der Waals surface area contributed by atoms with Gasteiger partial charge in [0.05, 0.1) is 5.69 Å². The Morgan fingerprint density at radius 2 is 1.79 bits per heavy atom. The van der Waals surface area contributed by atoms with Crippen molar-refractivity contribution in [1.82, 2.24) is 4.90 Å². The number of hydrogen-bond donors (Lipinski definition) is 1. The first-order chi connectivity index (χ1) is 9.08. The molecular weight excluding hydrogens is 249 g/mol. The molecule has 6 heteroatoms. The Kier molecular flexibility index (Phi) is 3.99. The molecule has 1 aliphatic heterocycles. The molecule has 0 aliphatic carbocycles. The first kappa shape index (κ1) is 13.3. The standard InChI is InChI=1S/C13H16FN3O2/c14-10-3-1-2-4-11(10)16-5-7-17(8-6-16)13(19)9-12(15)18/h1-4H,5-9H2,(H2,15,18). The second kappa shape index (κ2) is 5.69. The van der Waals surface area contributed by atoms with Crippen molar-refractivity contribution < 1.29 is 14.0 Å². The highest BCUT2D eigenvalue weighted by molar-refractivity contribution is 5.96. The monoisotopic (exact) mass is 265 g/mol. The number of nitrogens with zero attached hydrogens (tertiary/aromatic N) is 2. The van der Waals surface area contributed by atoms with Crippen LogP contribution in [-0.2, 0) is 9.59 Å². The molecule has 0 atom stereocenters. The van der Waals surface area contributed by atoms with Gasteiger partial charge >= 0.3 is 0 Å². The predicted molar refractivity (Wildman–Crippen MR) is 69.0 cm³/mol. The van der Waals surface area contributed by atoms with E-state index < -0.39 is 5.91 Å². The minimum atomic E-state index is -0.624. The molecule has 5 nitrogen and oxygen atoms in total. The van der Waals surface area contributed by atoms with Gasteiger partial charge < -0.3 is 15.5 Å². The summed E-state index contributed by atoms with van der Waals surface area (Å²) in [4.78, 5) is 25.8. The van der Waals surface area contributed by atoms with Crippen molar-refractivity contribution in [3.63, 3.8) is 0 Å². The predicted octanol–water partition coefficient (Wildman–Crippen LogP) is 0.350. The van der Waals surface area contributed by atoms with E-state index >= 15 is 0 Å². The minimum Gasteiger partial charge on any atom is -0.369 e. The van der Waals surface area contributed by atoms with E-state index in [0.717, 1.165) is 0 Å². The topological polar surface area (TPSA) is 66.6 Å². The van der Waals surface area contributed by atoms with Crippen LogP contribution in [0.15, 0.2) is 24.3 Å². The van der Waals surface area contributed by atoms with Gasteiger partial charge in [0.2, 0.25) is 11.8 Å². The van der Waals surface area contributed by atoms with E-state index in [2.05, 4.69) is 0 Å². The lowest BCUT2D eigenvalue weighted by Gasteiger charge is -2.36. The Morgan fingerprint density at radius 3 is 2.37 bits per heavy atom. The number of benzene rings is 1. The van der Waals surface area contributed by atoms with Gasteiger partial charge in [0.25, 0.3) is 0 Å². The number of carbonyl (C=O) groups excluding carboxylic acids is 2. The molecule has 0 bridgehead atoms. The molecule has 19 heavy (non-hydrogen) atoms. The summed E-state index contributed by atoms with van der Waals surface area (Å²) in [6.45, 7) is 2.04. The van der Waals surface area contributed by atoms with Crippen LogP contribution in [-0.4, -0.2) is 42.9 Å². The van der Waals surface area contributed by atoms with Crippen LogP contribution in [0.4, 0.5) is 10.1 Å². The summed E-state index contributed by atoms with van der Waals surface area (Å²) < 4.78 is 13.6. The molecule has 0 spiro atoms. The SMILES string of the molecule is NC(=O)CC(=O)N1CCN(c2ccccc2F)CC1. The fourth-order valence-corrected chi connectivity index (χ4v) is 2.17. The maximum absolute atomic E-state index is 13.6. The van der Waals surface area contributed by atoms with E-state index in [4.69, 9.17) is 5.73 Å². The molecule has 2 rings (SSSR count). The third-order valence-electron chi connectivity index (χ3n) is 3.15. The molecule has 1 saturated heterocycles. The second-order valence-electron chi connectivity index (χ2n) is 4.46. The van der Waals surface area contributed by atoms with E-state index in [1.807, 2.05) is 4.90 Å². The molecule has 0 aromatic heterocycles. The van der Waals surface area contributed by atoms with Gasteiger partial charge in [-0.2, -0.15) is 0 Å². The molecule has 1 aromatic carbocycles. The van der Waals surface area contributed by atoms with Crippen LogP contribution in [0, 0.1) is 5.82 Å². The minimum absolute atomic E-state index is 0.263. The molecule has 102 valence electrons. The van der Waals surface area contributed by atoms with Gasteiger partial charge in [-0.05, 0) is 12.1 Å². The molecule has 1 fully saturated rings. The van der Waals surface area contributed by atoms with Crippen LogP contribution in [0.1, 0.15) is 6.42 Å². The number of hydrogen-bond acceptors (Lipinski definition) is 3. The molecule has 2 N–H and O–H groups in total. The third-order valence-corrected chi connectivity index (χ3v) is 3.15. The Hall–Kier alpha value is -2.11. The first-order valence-corrected chi connectivity index (χ1v) is 6.13. The molecule has 0 unspecified atom stereocenters. The largest absolute Gasteiger partial charge is 0.369 e. The van der Waals surface area contributed by atoms with E-state index in [9.17, 15) is 14.0 Å². The van der Waals surface area contributed by atoms with Gasteiger partial charge in [0.1, 0.15) is 12.2 Å². The van der Waals surface area contributed by atoms with Crippen LogP contribution in [0.2, 0.25) is 0 Å². The highest BCUT2D eigenvalue weighted by Crippen LogP contribution is 2.20. The number of nitrogens with two attached hydrogens (primary N) is 1. The number of anilines is 1. The van der Waals surface area contributed by atoms with Crippen molar-refractivity contribution in [3.05, 3.63) is 30.1 Å². The van der Waals surface area contributed by atoms with E-state index in [-0.39, 0.29) is 18.1 Å². The molecule has 0 radical (unpaired) electrons. The fraction of sp³-hybridized carbons (Fsp3) is 0.385. The number of halogens is 1. The van der Waals surface area contributed by atoms with Gasteiger partial charge in [-0.1, -0.05) is 12.1 Å². The average molecular weight is 265 g/mol. The third kappa shape index (κ3) is 3.21. The van der Waals surface area contributed by atoms with Gasteiger partial charge in [-0.15, -0.1) is 0 Å². The highest BCUT2D eigenvalue weighted by Gasteiger charge is 2.23. The molecule has 1 aliphatic rings. The van der Waals surface area contributed by atoms with Gasteiger partial charge in [0.15, 0.2) is 0 Å². The maximum atomic E-state index is 13.6. The van der Waals surface area contributed by atoms with Crippen LogP contribution in [0.25, 0.3) is 0 Å². The number of amides is 2. The summed E-state index contributed by atoms with van der Waals surface area (Å²) in [6, 6.07) is 6.56. The number of rotatable bonds is 3. The summed E-state index contributed by atoms with van der Waals surface area (Å²) in [6.07, 6.45) is -0.264. The van der Waals surface area contributed by atoms with Crippen LogP contribution >= 0.6 is 0 Å². The number of primary amides is 1. The van der Waals surface area contributed by atoms with E-state index in [1.165, 1.54) is 6.07 Å². The molecule has 2 amide bonds. The number of piperazine rings is 1. The summed E-state index contributed by atoms with van der Waals surface area (Å²) >= 11 is 0. The quantitative estimate of drug-likeness (QED) is 0.802. The number of para-hydroxylation sites is 1. The number of carbonyl (C=O) groups is 2. The lowest BCUT2D eigenvalue weighted by Crippen LogP contribution is -2.49. The van der Waals surface area contributed by atoms with Crippen molar-refractivity contribution in [1.29, 1.82) is 0 Å². The Balaban J connectivity index is 1.94.